The molecule has 20 heteroatoms. The number of carbonyl (C=O) groups is 9. The van der Waals surface area contributed by atoms with Crippen LogP contribution in [0.25, 0.3) is 0 Å². The fraction of sp³-hybridized carbons (Fsp3) is 0.654. The summed E-state index contributed by atoms with van der Waals surface area (Å²) in [5, 5.41) is 51.2. The van der Waals surface area contributed by atoms with Crippen LogP contribution in [0.2, 0.25) is 0 Å². The van der Waals surface area contributed by atoms with Crippen LogP contribution in [-0.4, -0.2) is 123 Å². The lowest BCUT2D eigenvalue weighted by Gasteiger charge is -2.28. The molecule has 20 nitrogen and oxygen atoms in total. The number of aliphatic hydroxyl groups excluding tert-OH is 1. The van der Waals surface area contributed by atoms with E-state index in [1.54, 1.807) is 0 Å². The Balaban J connectivity index is 3.64. The van der Waals surface area contributed by atoms with Crippen molar-refractivity contribution >= 4 is 53.4 Å². The summed E-state index contributed by atoms with van der Waals surface area (Å²) in [5.41, 5.74) is 5.50. The normalized spacial score (nSPS) is 26.1. The zero-order chi connectivity index (χ0) is 35.1. The van der Waals surface area contributed by atoms with Gasteiger partial charge in [0.05, 0.1) is 18.9 Å². The Kier molecular flexibility index (Phi) is 16.0. The van der Waals surface area contributed by atoms with Gasteiger partial charge >= 0.3 is 17.9 Å². The van der Waals surface area contributed by atoms with E-state index in [-0.39, 0.29) is 19.4 Å². The lowest BCUT2D eigenvalue weighted by Crippen LogP contribution is -2.62. The number of aliphatic carboxylic acids is 3. The molecule has 0 radical (unpaired) electrons. The molecule has 0 aliphatic carbocycles. The van der Waals surface area contributed by atoms with Gasteiger partial charge in [0.2, 0.25) is 35.4 Å². The molecule has 0 bridgehead atoms. The third-order valence-electron chi connectivity index (χ3n) is 6.70. The number of carbonyl (C=O) groups excluding carboxylic acids is 6. The van der Waals surface area contributed by atoms with Crippen LogP contribution < -0.4 is 37.6 Å². The van der Waals surface area contributed by atoms with E-state index in [1.807, 2.05) is 0 Å². The molecule has 1 aliphatic rings. The van der Waals surface area contributed by atoms with Crippen molar-refractivity contribution < 1.29 is 63.6 Å². The number of rotatable bonds is 12. The van der Waals surface area contributed by atoms with E-state index < -0.39 is 121 Å². The highest BCUT2D eigenvalue weighted by Crippen LogP contribution is 2.08. The van der Waals surface area contributed by atoms with Crippen molar-refractivity contribution in [2.24, 2.45) is 5.73 Å². The van der Waals surface area contributed by atoms with E-state index in [4.69, 9.17) is 10.8 Å². The van der Waals surface area contributed by atoms with E-state index in [2.05, 4.69) is 31.9 Å². The minimum atomic E-state index is -1.87. The first-order valence-corrected chi connectivity index (χ1v) is 14.3. The standard InChI is InChI=1S/C26H41N7O13/c1-11-21(41)29-14(6-7-17(35)36)23(43)33-20(12(2)34)26(46)32-16(10-19(39)40)25(45)30-13(5-3-4-8-27)22(42)31-15(9-18(37)38)24(44)28-11/h11-16,20,34H,3-10,27H2,1-2H3,(H,28,44)(H,29,41)(H,30,45)(H,31,42)(H,32,46)(H,33,43)(H,35,36)(H,37,38)(H,39,40)/t11-,12+,13-,14-,15-,16-,20-/m0/s1. The molecule has 0 aromatic carbocycles. The highest BCUT2D eigenvalue weighted by atomic mass is 16.4. The van der Waals surface area contributed by atoms with Gasteiger partial charge in [-0.05, 0) is 46.1 Å². The third kappa shape index (κ3) is 13.4. The number of carboxylic acids is 3. The summed E-state index contributed by atoms with van der Waals surface area (Å²) in [4.78, 5) is 113. The summed E-state index contributed by atoms with van der Waals surface area (Å²) < 4.78 is 0. The fourth-order valence-electron chi connectivity index (χ4n) is 4.21. The molecule has 0 aromatic rings. The van der Waals surface area contributed by atoms with Crippen LogP contribution >= 0.6 is 0 Å². The number of unbranched alkanes of at least 4 members (excludes halogenated alkanes) is 1. The molecule has 46 heavy (non-hydrogen) atoms. The molecule has 1 rings (SSSR count). The summed E-state index contributed by atoms with van der Waals surface area (Å²) in [6.45, 7) is 2.44. The van der Waals surface area contributed by atoms with Gasteiger partial charge in [-0.1, -0.05) is 0 Å². The Morgan fingerprint density at radius 1 is 0.630 bits per heavy atom. The molecule has 1 aliphatic heterocycles. The number of carboxylic acid groups (broad SMARTS) is 3. The molecule has 12 N–H and O–H groups in total. The molecular formula is C26H41N7O13. The average molecular weight is 660 g/mol. The van der Waals surface area contributed by atoms with E-state index in [1.165, 1.54) is 0 Å². The molecule has 1 saturated heterocycles. The van der Waals surface area contributed by atoms with Crippen molar-refractivity contribution in [3.05, 3.63) is 0 Å². The number of hydrogen-bond donors (Lipinski definition) is 11. The van der Waals surface area contributed by atoms with E-state index in [0.29, 0.717) is 6.42 Å². The molecule has 0 saturated carbocycles. The summed E-state index contributed by atoms with van der Waals surface area (Å²) in [5.74, 6) is -11.2. The van der Waals surface area contributed by atoms with Gasteiger partial charge < -0.3 is 58.1 Å². The van der Waals surface area contributed by atoms with Gasteiger partial charge in [-0.15, -0.1) is 0 Å². The van der Waals surface area contributed by atoms with Crippen molar-refractivity contribution in [3.63, 3.8) is 0 Å². The molecule has 6 amide bonds. The zero-order valence-corrected chi connectivity index (χ0v) is 25.2. The van der Waals surface area contributed by atoms with Crippen molar-refractivity contribution in [2.45, 2.75) is 101 Å². The van der Waals surface area contributed by atoms with E-state index in [9.17, 15) is 58.5 Å². The predicted molar refractivity (Wildman–Crippen MR) is 153 cm³/mol. The third-order valence-corrected chi connectivity index (χ3v) is 6.70. The minimum absolute atomic E-state index is 0.104. The van der Waals surface area contributed by atoms with Gasteiger partial charge in [0.25, 0.3) is 0 Å². The van der Waals surface area contributed by atoms with Crippen molar-refractivity contribution in [3.8, 4) is 0 Å². The second-order valence-corrected chi connectivity index (χ2v) is 10.6. The molecule has 7 atom stereocenters. The van der Waals surface area contributed by atoms with E-state index in [0.717, 1.165) is 13.8 Å². The van der Waals surface area contributed by atoms with Crippen LogP contribution in [0.3, 0.4) is 0 Å². The Morgan fingerprint density at radius 2 is 1.07 bits per heavy atom. The first-order valence-electron chi connectivity index (χ1n) is 14.3. The van der Waals surface area contributed by atoms with Gasteiger partial charge in [-0.2, -0.15) is 0 Å². The quantitative estimate of drug-likeness (QED) is 0.0877. The smallest absolute Gasteiger partial charge is 0.305 e. The highest BCUT2D eigenvalue weighted by molar-refractivity contribution is 5.99. The Morgan fingerprint density at radius 3 is 1.57 bits per heavy atom. The van der Waals surface area contributed by atoms with Gasteiger partial charge in [0, 0.05) is 6.42 Å². The molecule has 0 aromatic heterocycles. The Hall–Kier alpha value is -4.85. The Bertz CT molecular complexity index is 1180. The summed E-state index contributed by atoms with van der Waals surface area (Å²) in [6.07, 6.45) is -4.28. The van der Waals surface area contributed by atoms with Crippen LogP contribution in [0.1, 0.15) is 58.8 Å². The van der Waals surface area contributed by atoms with Gasteiger partial charge in [-0.3, -0.25) is 43.2 Å². The topological polar surface area (TPSA) is 333 Å². The van der Waals surface area contributed by atoms with Gasteiger partial charge in [-0.25, -0.2) is 0 Å². The van der Waals surface area contributed by atoms with Crippen molar-refractivity contribution in [1.29, 1.82) is 0 Å². The Labute approximate surface area is 262 Å². The number of aliphatic hydroxyl groups is 1. The SMILES string of the molecule is C[C@@H]1NC(=O)[C@H](CC(=O)O)NC(=O)[C@H](CCCCN)NC(=O)[C@H](CC(=O)O)NC(=O)[C@H]([C@@H](C)O)NC(=O)[C@H](CCC(=O)O)NC1=O. The second kappa shape index (κ2) is 18.8. The first-order chi connectivity index (χ1) is 21.5. The van der Waals surface area contributed by atoms with Gasteiger partial charge in [0.1, 0.15) is 36.3 Å². The number of nitrogens with one attached hydrogen (secondary N) is 6. The van der Waals surface area contributed by atoms with Crippen LogP contribution in [0.5, 0.6) is 0 Å². The highest BCUT2D eigenvalue weighted by Gasteiger charge is 2.36. The van der Waals surface area contributed by atoms with E-state index >= 15 is 0 Å². The monoisotopic (exact) mass is 659 g/mol. The predicted octanol–water partition coefficient (Wildman–Crippen LogP) is -4.75. The van der Waals surface area contributed by atoms with Crippen LogP contribution in [-0.2, 0) is 43.2 Å². The molecule has 0 spiro atoms. The second-order valence-electron chi connectivity index (χ2n) is 10.6. The molecule has 1 fully saturated rings. The first kappa shape index (κ1) is 39.2. The number of nitrogens with two attached hydrogens (primary N) is 1. The molecule has 258 valence electrons. The largest absolute Gasteiger partial charge is 0.481 e. The lowest BCUT2D eigenvalue weighted by atomic mass is 10.0. The summed E-state index contributed by atoms with van der Waals surface area (Å²) >= 11 is 0. The number of hydrogen-bond acceptors (Lipinski definition) is 11. The van der Waals surface area contributed by atoms with Crippen molar-refractivity contribution in [2.75, 3.05) is 6.54 Å². The van der Waals surface area contributed by atoms with Crippen LogP contribution in [0, 0.1) is 0 Å². The van der Waals surface area contributed by atoms with Crippen molar-refractivity contribution in [1.82, 2.24) is 31.9 Å². The summed E-state index contributed by atoms with van der Waals surface area (Å²) in [6, 6.07) is -10.1. The number of amides is 6. The summed E-state index contributed by atoms with van der Waals surface area (Å²) in [7, 11) is 0. The molecule has 1 heterocycles. The zero-order valence-electron chi connectivity index (χ0n) is 25.2. The lowest BCUT2D eigenvalue weighted by molar-refractivity contribution is -0.143. The fourth-order valence-corrected chi connectivity index (χ4v) is 4.21. The maximum Gasteiger partial charge on any atom is 0.305 e. The maximum atomic E-state index is 13.2. The van der Waals surface area contributed by atoms with Crippen LogP contribution in [0.15, 0.2) is 0 Å². The van der Waals surface area contributed by atoms with Crippen LogP contribution in [0.4, 0.5) is 0 Å². The average Bonchev–Trinajstić information content (AvgIpc) is 2.94. The molecular weight excluding hydrogens is 618 g/mol. The maximum absolute atomic E-state index is 13.2. The minimum Gasteiger partial charge on any atom is -0.481 e. The molecule has 0 unspecified atom stereocenters. The van der Waals surface area contributed by atoms with Gasteiger partial charge in [0.15, 0.2) is 0 Å².